The molecule has 9 heteroatoms. The van der Waals surface area contributed by atoms with Gasteiger partial charge in [-0.2, -0.15) is 0 Å². The molecule has 1 aliphatic rings. The number of rotatable bonds is 18. The first-order valence-corrected chi connectivity index (χ1v) is 13.1. The van der Waals surface area contributed by atoms with Gasteiger partial charge in [-0.05, 0) is 45.1 Å². The van der Waals surface area contributed by atoms with E-state index in [1.165, 1.54) is 51.4 Å². The molecule has 0 saturated carbocycles. The van der Waals surface area contributed by atoms with Gasteiger partial charge in [0.2, 0.25) is 11.8 Å². The highest BCUT2D eigenvalue weighted by atomic mass is 35.5. The molecule has 1 saturated heterocycles. The lowest BCUT2D eigenvalue weighted by Crippen LogP contribution is -2.51. The minimum Gasteiger partial charge on any atom is -0.412 e. The van der Waals surface area contributed by atoms with Crippen LogP contribution < -0.4 is 16.8 Å². The lowest BCUT2D eigenvalue weighted by atomic mass is 10.0. The van der Waals surface area contributed by atoms with Crippen molar-refractivity contribution in [2.75, 3.05) is 19.6 Å². The predicted molar refractivity (Wildman–Crippen MR) is 148 cm³/mol. The number of nitrogens with zero attached hydrogens (tertiary/aromatic N) is 1. The molecule has 1 fully saturated rings. The average Bonchev–Trinajstić information content (AvgIpc) is 2.78. The van der Waals surface area contributed by atoms with Crippen molar-refractivity contribution >= 4 is 36.6 Å². The maximum absolute atomic E-state index is 12.8. The number of hydrogen-bond acceptors (Lipinski definition) is 4. The molecule has 0 radical (unpaired) electrons. The molecule has 1 rings (SSSR count). The van der Waals surface area contributed by atoms with Crippen LogP contribution in [0.2, 0.25) is 0 Å². The van der Waals surface area contributed by atoms with Crippen LogP contribution in [0.15, 0.2) is 0 Å². The van der Waals surface area contributed by atoms with E-state index in [4.69, 9.17) is 11.5 Å². The van der Waals surface area contributed by atoms with Gasteiger partial charge in [0, 0.05) is 25.6 Å². The zero-order chi connectivity index (χ0) is 22.7. The van der Waals surface area contributed by atoms with E-state index in [-0.39, 0.29) is 48.1 Å². The zero-order valence-corrected chi connectivity index (χ0v) is 23.2. The second-order valence-electron chi connectivity index (χ2n) is 9.30. The molecule has 7 nitrogen and oxygen atoms in total. The highest BCUT2D eigenvalue weighted by Crippen LogP contribution is 2.19. The monoisotopic (exact) mass is 528 g/mol. The molecule has 1 aliphatic heterocycles. The fourth-order valence-corrected chi connectivity index (χ4v) is 4.44. The molecule has 7 N–H and O–H groups in total. The second kappa shape index (κ2) is 25.5. The molecular formula is C25H54Cl2N4O3. The fraction of sp³-hybridized carbons (Fsp3) is 0.920. The van der Waals surface area contributed by atoms with E-state index < -0.39 is 6.04 Å². The van der Waals surface area contributed by atoms with E-state index in [0.29, 0.717) is 25.9 Å². The van der Waals surface area contributed by atoms with E-state index in [0.717, 1.165) is 51.5 Å². The number of carbonyl (C=O) groups is 2. The summed E-state index contributed by atoms with van der Waals surface area (Å²) in [7, 11) is 0. The van der Waals surface area contributed by atoms with Crippen LogP contribution in [-0.2, 0) is 9.59 Å². The predicted octanol–water partition coefficient (Wildman–Crippen LogP) is 4.27. The lowest BCUT2D eigenvalue weighted by Gasteiger charge is -2.36. The van der Waals surface area contributed by atoms with Gasteiger partial charge in [0.05, 0.1) is 6.04 Å². The highest BCUT2D eigenvalue weighted by Gasteiger charge is 2.27. The maximum Gasteiger partial charge on any atom is 0.236 e. The van der Waals surface area contributed by atoms with E-state index in [9.17, 15) is 9.59 Å². The first-order valence-electron chi connectivity index (χ1n) is 13.1. The Labute approximate surface area is 221 Å². The SMILES string of the molecule is CCCCCCCCCCCCC(=O)N1CCCCC1CNC(=O)C(N)CCCCN.Cl.Cl.O. The number of carbonyl (C=O) groups excluding carboxylic acids is 2. The standard InChI is InChI=1S/C25H50N4O2.2ClH.H2O/c1-2-3-4-5-6-7-8-9-10-11-18-24(30)29-20-15-13-16-22(29)21-28-25(31)23(27)17-12-14-19-26;;;/h22-23H,2-21,26-27H2,1H3,(H,28,31);2*1H;1H2. The van der Waals surface area contributed by atoms with E-state index in [1.54, 1.807) is 0 Å². The van der Waals surface area contributed by atoms with Crippen molar-refractivity contribution in [1.82, 2.24) is 10.2 Å². The Morgan fingerprint density at radius 2 is 1.50 bits per heavy atom. The Bertz CT molecular complexity index is 487. The van der Waals surface area contributed by atoms with Crippen LogP contribution in [-0.4, -0.2) is 53.9 Å². The molecule has 0 spiro atoms. The van der Waals surface area contributed by atoms with E-state index in [1.807, 2.05) is 4.90 Å². The summed E-state index contributed by atoms with van der Waals surface area (Å²) in [5.41, 5.74) is 11.5. The number of piperidine rings is 1. The minimum absolute atomic E-state index is 0. The Morgan fingerprint density at radius 1 is 0.912 bits per heavy atom. The van der Waals surface area contributed by atoms with Gasteiger partial charge in [-0.25, -0.2) is 0 Å². The number of amides is 2. The fourth-order valence-electron chi connectivity index (χ4n) is 4.44. The third-order valence-corrected chi connectivity index (χ3v) is 6.51. The Kier molecular flexibility index (Phi) is 28.4. The van der Waals surface area contributed by atoms with E-state index >= 15 is 0 Å². The lowest BCUT2D eigenvalue weighted by molar-refractivity contribution is -0.135. The van der Waals surface area contributed by atoms with Crippen molar-refractivity contribution in [2.45, 2.75) is 128 Å². The Hall–Kier alpha value is -0.600. The molecule has 0 aromatic carbocycles. The van der Waals surface area contributed by atoms with Crippen LogP contribution in [0.3, 0.4) is 0 Å². The largest absolute Gasteiger partial charge is 0.412 e. The maximum atomic E-state index is 12.8. The van der Waals surface area contributed by atoms with Crippen molar-refractivity contribution in [2.24, 2.45) is 11.5 Å². The molecule has 2 amide bonds. The number of likely N-dealkylation sites (tertiary alicyclic amines) is 1. The first kappa shape index (κ1) is 37.9. The molecule has 1 heterocycles. The molecule has 2 unspecified atom stereocenters. The van der Waals surface area contributed by atoms with Crippen LogP contribution in [0.5, 0.6) is 0 Å². The summed E-state index contributed by atoms with van der Waals surface area (Å²) in [4.78, 5) is 27.0. The summed E-state index contributed by atoms with van der Waals surface area (Å²) in [5, 5.41) is 2.98. The summed E-state index contributed by atoms with van der Waals surface area (Å²) >= 11 is 0. The van der Waals surface area contributed by atoms with Gasteiger partial charge in [-0.15, -0.1) is 24.8 Å². The Balaban J connectivity index is -0.00000320. The van der Waals surface area contributed by atoms with Crippen molar-refractivity contribution in [3.63, 3.8) is 0 Å². The normalized spacial score (nSPS) is 16.0. The van der Waals surface area contributed by atoms with Gasteiger partial charge in [-0.3, -0.25) is 9.59 Å². The molecule has 206 valence electrons. The third kappa shape index (κ3) is 17.8. The van der Waals surface area contributed by atoms with Crippen molar-refractivity contribution in [3.05, 3.63) is 0 Å². The summed E-state index contributed by atoms with van der Waals surface area (Å²) in [6, 6.07) is -0.365. The summed E-state index contributed by atoms with van der Waals surface area (Å²) < 4.78 is 0. The van der Waals surface area contributed by atoms with Gasteiger partial charge in [0.1, 0.15) is 0 Å². The van der Waals surface area contributed by atoms with Crippen LogP contribution in [0, 0.1) is 0 Å². The molecule has 34 heavy (non-hydrogen) atoms. The molecule has 0 aromatic heterocycles. The van der Waals surface area contributed by atoms with Gasteiger partial charge in [0.15, 0.2) is 0 Å². The molecule has 0 bridgehead atoms. The van der Waals surface area contributed by atoms with Crippen LogP contribution in [0.1, 0.15) is 116 Å². The first-order chi connectivity index (χ1) is 15.1. The molecule has 2 atom stereocenters. The summed E-state index contributed by atoms with van der Waals surface area (Å²) in [6.07, 6.45) is 19.0. The third-order valence-electron chi connectivity index (χ3n) is 6.51. The highest BCUT2D eigenvalue weighted by molar-refractivity contribution is 5.85. The van der Waals surface area contributed by atoms with Crippen molar-refractivity contribution in [1.29, 1.82) is 0 Å². The quantitative estimate of drug-likeness (QED) is 0.229. The topological polar surface area (TPSA) is 133 Å². The minimum atomic E-state index is -0.481. The van der Waals surface area contributed by atoms with Gasteiger partial charge < -0.3 is 27.2 Å². The summed E-state index contributed by atoms with van der Waals surface area (Å²) in [6.45, 7) is 4.23. The van der Waals surface area contributed by atoms with Gasteiger partial charge in [-0.1, -0.05) is 71.1 Å². The number of nitrogens with one attached hydrogen (secondary N) is 1. The van der Waals surface area contributed by atoms with Crippen LogP contribution >= 0.6 is 24.8 Å². The molecule has 0 aromatic rings. The van der Waals surface area contributed by atoms with Gasteiger partial charge in [0.25, 0.3) is 0 Å². The molecule has 0 aliphatic carbocycles. The van der Waals surface area contributed by atoms with E-state index in [2.05, 4.69) is 12.2 Å². The number of unbranched alkanes of at least 4 members (excludes halogenated alkanes) is 10. The van der Waals surface area contributed by atoms with Crippen molar-refractivity contribution < 1.29 is 15.1 Å². The second-order valence-corrected chi connectivity index (χ2v) is 9.30. The Morgan fingerprint density at radius 3 is 2.09 bits per heavy atom. The number of hydrogen-bond donors (Lipinski definition) is 3. The summed E-state index contributed by atoms with van der Waals surface area (Å²) in [5.74, 6) is 0.149. The van der Waals surface area contributed by atoms with Crippen LogP contribution in [0.25, 0.3) is 0 Å². The number of halogens is 2. The average molecular weight is 530 g/mol. The van der Waals surface area contributed by atoms with Gasteiger partial charge >= 0.3 is 0 Å². The van der Waals surface area contributed by atoms with Crippen molar-refractivity contribution in [3.8, 4) is 0 Å². The smallest absolute Gasteiger partial charge is 0.236 e. The molecular weight excluding hydrogens is 475 g/mol. The number of nitrogens with two attached hydrogens (primary N) is 2. The van der Waals surface area contributed by atoms with Crippen LogP contribution in [0.4, 0.5) is 0 Å². The zero-order valence-electron chi connectivity index (χ0n) is 21.5.